The number of fused-ring (bicyclic) bond motifs is 3. The Morgan fingerprint density at radius 3 is 2.58 bits per heavy atom. The van der Waals surface area contributed by atoms with Crippen molar-refractivity contribution in [3.8, 4) is 11.4 Å². The van der Waals surface area contributed by atoms with Crippen LogP contribution in [0.3, 0.4) is 0 Å². The van der Waals surface area contributed by atoms with E-state index in [2.05, 4.69) is 19.6 Å². The second-order valence-electron chi connectivity index (χ2n) is 12.4. The number of hydrogen-bond donors (Lipinski definition) is 0. The van der Waals surface area contributed by atoms with Crippen LogP contribution in [-0.4, -0.2) is 51.3 Å². The molecule has 3 unspecified atom stereocenters. The van der Waals surface area contributed by atoms with Crippen molar-refractivity contribution in [3.63, 3.8) is 0 Å². The first-order chi connectivity index (χ1) is 16.7. The fraction of sp³-hybridized carbons (Fsp3) is 0.593. The molecule has 200 valence electrons. The van der Waals surface area contributed by atoms with E-state index in [1.807, 2.05) is 57.3 Å². The van der Waals surface area contributed by atoms with Crippen LogP contribution in [0.4, 0.5) is 13.2 Å². The molecule has 4 nitrogen and oxygen atoms in total. The van der Waals surface area contributed by atoms with Gasteiger partial charge in [0.25, 0.3) is 0 Å². The molecule has 0 spiro atoms. The van der Waals surface area contributed by atoms with Gasteiger partial charge in [-0.1, -0.05) is 22.6 Å². The summed E-state index contributed by atoms with van der Waals surface area (Å²) >= 11 is 2.04. The summed E-state index contributed by atoms with van der Waals surface area (Å²) in [6.07, 6.45) is 4.16. The van der Waals surface area contributed by atoms with Crippen LogP contribution >= 0.6 is 22.6 Å². The third-order valence-corrected chi connectivity index (χ3v) is 9.77. The first kappa shape index (κ1) is 27.9. The molecule has 0 bridgehead atoms. The average Bonchev–Trinajstić information content (AvgIpc) is 3.10. The van der Waals surface area contributed by atoms with E-state index in [4.69, 9.17) is 9.72 Å². The van der Waals surface area contributed by atoms with Crippen LogP contribution in [0.25, 0.3) is 11.4 Å². The summed E-state index contributed by atoms with van der Waals surface area (Å²) in [6.45, 7) is 13.2. The van der Waals surface area contributed by atoms with E-state index in [0.717, 1.165) is 23.0 Å². The number of rotatable bonds is 8. The molecule has 3 aliphatic heterocycles. The second-order valence-corrected chi connectivity index (χ2v) is 20.5. The van der Waals surface area contributed by atoms with Crippen LogP contribution in [0.1, 0.15) is 44.5 Å². The first-order valence-corrected chi connectivity index (χ1v) is 18.5. The molecular formula is C27H38F3IN3OSi-. The van der Waals surface area contributed by atoms with Crippen molar-refractivity contribution in [2.45, 2.75) is 87.7 Å². The second kappa shape index (κ2) is 10.5. The number of halogens is 4. The molecule has 0 saturated heterocycles. The SMILES string of the molecule is CC1Cc2c3cccn(COCC[SiH-](C)(C)C)c-3nc2C(C2=C(F)CC(I)C=C2F)N1CC(C)(C)F. The fourth-order valence-electron chi connectivity index (χ4n) is 5.17. The molecule has 0 fully saturated rings. The summed E-state index contributed by atoms with van der Waals surface area (Å²) in [4.78, 5) is 6.86. The summed E-state index contributed by atoms with van der Waals surface area (Å²) in [6, 6.07) is 4.18. The Balaban J connectivity index is 1.78. The minimum atomic E-state index is -1.53. The van der Waals surface area contributed by atoms with E-state index in [1.54, 1.807) is 0 Å². The topological polar surface area (TPSA) is 30.3 Å². The predicted octanol–water partition coefficient (Wildman–Crippen LogP) is 7.35. The maximum atomic E-state index is 15.4. The number of nitrogens with zero attached hydrogens (tertiary/aromatic N) is 3. The normalized spacial score (nSPS) is 24.3. The number of ether oxygens (including phenoxy) is 1. The molecule has 1 aliphatic carbocycles. The van der Waals surface area contributed by atoms with Crippen molar-refractivity contribution in [2.24, 2.45) is 0 Å². The summed E-state index contributed by atoms with van der Waals surface area (Å²) in [5, 5.41) is 0. The Kier molecular flexibility index (Phi) is 8.15. The average molecular weight is 633 g/mol. The molecule has 4 aliphatic rings. The van der Waals surface area contributed by atoms with Gasteiger partial charge < -0.3 is 0 Å². The molecule has 3 heterocycles. The Bertz CT molecular complexity index is 1130. The van der Waals surface area contributed by atoms with E-state index < -0.39 is 31.4 Å². The van der Waals surface area contributed by atoms with Crippen LogP contribution in [-0.2, 0) is 17.9 Å². The summed E-state index contributed by atoms with van der Waals surface area (Å²) in [5.41, 5.74) is 1.04. The van der Waals surface area contributed by atoms with Gasteiger partial charge in [-0.3, -0.25) is 0 Å². The van der Waals surface area contributed by atoms with Crippen molar-refractivity contribution in [1.82, 2.24) is 14.5 Å². The molecule has 9 heteroatoms. The molecule has 0 saturated carbocycles. The monoisotopic (exact) mass is 632 g/mol. The molecule has 0 aromatic rings. The Morgan fingerprint density at radius 2 is 1.94 bits per heavy atom. The molecule has 0 N–H and O–H groups in total. The van der Waals surface area contributed by atoms with Gasteiger partial charge in [0, 0.05) is 3.92 Å². The van der Waals surface area contributed by atoms with E-state index >= 15 is 8.78 Å². The molecule has 0 amide bonds. The predicted molar refractivity (Wildman–Crippen MR) is 152 cm³/mol. The Morgan fingerprint density at radius 1 is 1.22 bits per heavy atom. The minimum Gasteiger partial charge on any atom is -0.243 e. The van der Waals surface area contributed by atoms with Crippen LogP contribution < -0.4 is 0 Å². The quantitative estimate of drug-likeness (QED) is 0.132. The number of alkyl halides is 2. The number of pyridine rings is 1. The van der Waals surface area contributed by atoms with Crippen LogP contribution in [0.2, 0.25) is 25.7 Å². The molecule has 0 aromatic heterocycles. The van der Waals surface area contributed by atoms with Gasteiger partial charge >= 0.3 is 183 Å². The van der Waals surface area contributed by atoms with Gasteiger partial charge in [-0.2, -0.15) is 0 Å². The van der Waals surface area contributed by atoms with E-state index in [0.29, 0.717) is 25.5 Å². The van der Waals surface area contributed by atoms with Crippen molar-refractivity contribution in [1.29, 1.82) is 0 Å². The van der Waals surface area contributed by atoms with Gasteiger partial charge in [0.1, 0.15) is 0 Å². The van der Waals surface area contributed by atoms with Crippen LogP contribution in [0.15, 0.2) is 41.6 Å². The van der Waals surface area contributed by atoms with Crippen molar-refractivity contribution in [3.05, 3.63) is 52.9 Å². The number of aromatic nitrogens is 2. The minimum absolute atomic E-state index is 0.00157. The van der Waals surface area contributed by atoms with Crippen LogP contribution in [0, 0.1) is 0 Å². The van der Waals surface area contributed by atoms with Gasteiger partial charge in [0.05, 0.1) is 0 Å². The molecule has 36 heavy (non-hydrogen) atoms. The maximum absolute atomic E-state index is 15.4. The summed E-state index contributed by atoms with van der Waals surface area (Å²) in [7, 11) is -1.48. The zero-order valence-corrected chi connectivity index (χ0v) is 25.4. The smallest absolute Gasteiger partial charge is 0.243 e. The standard InChI is InChI=1S/C27H38F3IN3OSi/c1-17-12-20-19-8-7-9-33(16-35-10-11-36(4,5)6)26(19)32-24(20)25(34(17)15-27(2,3)30)23-21(28)13-18(31)14-22(23)29/h7-9,13,17-18,25,36H,10-12,14-16H2,1-6H3/q-1. The Hall–Kier alpha value is -1.17. The van der Waals surface area contributed by atoms with Crippen molar-refractivity contribution >= 4 is 30.7 Å². The van der Waals surface area contributed by atoms with Gasteiger partial charge in [-0.15, -0.1) is 0 Å². The summed E-state index contributed by atoms with van der Waals surface area (Å²) < 4.78 is 53.5. The van der Waals surface area contributed by atoms with E-state index in [9.17, 15) is 4.39 Å². The van der Waals surface area contributed by atoms with Gasteiger partial charge in [0.15, 0.2) is 0 Å². The number of hydrogen-bond acceptors (Lipinski definition) is 3. The molecule has 0 radical (unpaired) electrons. The van der Waals surface area contributed by atoms with Crippen molar-refractivity contribution in [2.75, 3.05) is 13.2 Å². The van der Waals surface area contributed by atoms with Crippen molar-refractivity contribution < 1.29 is 17.9 Å². The third kappa shape index (κ3) is 6.10. The van der Waals surface area contributed by atoms with Gasteiger partial charge in [-0.25, -0.2) is 4.39 Å². The molecule has 3 atom stereocenters. The zero-order valence-electron chi connectivity index (χ0n) is 22.1. The first-order valence-electron chi connectivity index (χ1n) is 12.9. The van der Waals surface area contributed by atoms with E-state index in [1.165, 1.54) is 19.9 Å². The molecule has 0 aromatic carbocycles. The fourth-order valence-corrected chi connectivity index (χ4v) is 6.75. The molecular weight excluding hydrogens is 594 g/mol. The number of allylic oxidation sites excluding steroid dienone is 2. The third-order valence-electron chi connectivity index (χ3n) is 7.00. The van der Waals surface area contributed by atoms with Gasteiger partial charge in [0.2, 0.25) is 0 Å². The van der Waals surface area contributed by atoms with E-state index in [-0.39, 0.29) is 28.5 Å². The zero-order chi connectivity index (χ0) is 26.4. The van der Waals surface area contributed by atoms with Crippen LogP contribution in [0.5, 0.6) is 0 Å². The summed E-state index contributed by atoms with van der Waals surface area (Å²) in [5.74, 6) is -0.304. The van der Waals surface area contributed by atoms with Gasteiger partial charge in [-0.05, 0) is 13.8 Å². The molecule has 4 rings (SSSR count). The Labute approximate surface area is 227 Å².